The van der Waals surface area contributed by atoms with Crippen molar-refractivity contribution in [2.45, 2.75) is 65.6 Å². The van der Waals surface area contributed by atoms with E-state index in [0.717, 1.165) is 36.3 Å². The summed E-state index contributed by atoms with van der Waals surface area (Å²) in [5.41, 5.74) is 3.31. The highest BCUT2D eigenvalue weighted by Crippen LogP contribution is 2.32. The van der Waals surface area contributed by atoms with Crippen LogP contribution in [0.25, 0.3) is 0 Å². The van der Waals surface area contributed by atoms with Gasteiger partial charge in [0.25, 0.3) is 5.91 Å². The minimum Gasteiger partial charge on any atom is -0.345 e. The average Bonchev–Trinajstić information content (AvgIpc) is 3.50. The molecule has 7 heteroatoms. The Bertz CT molecular complexity index is 902. The Hall–Kier alpha value is -2.70. The number of carbonyl (C=O) groups is 2. The van der Waals surface area contributed by atoms with Crippen LogP contribution in [-0.4, -0.2) is 38.0 Å². The number of hydrogen-bond donors (Lipinski definition) is 1. The van der Waals surface area contributed by atoms with Crippen LogP contribution in [0.2, 0.25) is 0 Å². The highest BCUT2D eigenvalue weighted by atomic mass is 16.2. The summed E-state index contributed by atoms with van der Waals surface area (Å²) >= 11 is 0. The van der Waals surface area contributed by atoms with Crippen molar-refractivity contribution in [3.05, 3.63) is 47.0 Å². The van der Waals surface area contributed by atoms with Crippen LogP contribution >= 0.6 is 0 Å². The molecule has 30 heavy (non-hydrogen) atoms. The maximum atomic E-state index is 13.0. The van der Waals surface area contributed by atoms with E-state index in [0.29, 0.717) is 43.6 Å². The van der Waals surface area contributed by atoms with Gasteiger partial charge in [0, 0.05) is 49.9 Å². The Morgan fingerprint density at radius 3 is 2.80 bits per heavy atom. The summed E-state index contributed by atoms with van der Waals surface area (Å²) < 4.78 is 2.03. The van der Waals surface area contributed by atoms with Crippen LogP contribution in [0.3, 0.4) is 0 Å². The fourth-order valence-corrected chi connectivity index (χ4v) is 3.91. The number of carbonyl (C=O) groups excluding carboxylic acids is 2. The Morgan fingerprint density at radius 1 is 1.27 bits per heavy atom. The van der Waals surface area contributed by atoms with Gasteiger partial charge in [0.15, 0.2) is 5.69 Å². The van der Waals surface area contributed by atoms with Crippen molar-refractivity contribution >= 4 is 11.8 Å². The Balaban J connectivity index is 1.51. The van der Waals surface area contributed by atoms with E-state index in [-0.39, 0.29) is 11.8 Å². The van der Waals surface area contributed by atoms with Gasteiger partial charge in [-0.25, -0.2) is 0 Å². The summed E-state index contributed by atoms with van der Waals surface area (Å²) in [7, 11) is 0. The van der Waals surface area contributed by atoms with Crippen molar-refractivity contribution in [3.63, 3.8) is 0 Å². The highest BCUT2D eigenvalue weighted by molar-refractivity contribution is 5.94. The first-order valence-corrected chi connectivity index (χ1v) is 11.1. The van der Waals surface area contributed by atoms with Crippen LogP contribution in [0.1, 0.15) is 67.0 Å². The van der Waals surface area contributed by atoms with Gasteiger partial charge in [-0.1, -0.05) is 19.9 Å². The Kier molecular flexibility index (Phi) is 6.16. The second kappa shape index (κ2) is 8.98. The first-order chi connectivity index (χ1) is 14.5. The summed E-state index contributed by atoms with van der Waals surface area (Å²) in [4.78, 5) is 31.8. The summed E-state index contributed by atoms with van der Waals surface area (Å²) in [5.74, 6) is 1.15. The zero-order chi connectivity index (χ0) is 21.1. The van der Waals surface area contributed by atoms with Crippen molar-refractivity contribution in [2.24, 2.45) is 11.8 Å². The molecule has 1 N–H and O–H groups in total. The third-order valence-electron chi connectivity index (χ3n) is 5.92. The van der Waals surface area contributed by atoms with Gasteiger partial charge in [-0.15, -0.1) is 0 Å². The van der Waals surface area contributed by atoms with Crippen LogP contribution < -0.4 is 5.32 Å². The minimum atomic E-state index is -0.192. The number of nitrogens with zero attached hydrogens (tertiary/aromatic N) is 4. The molecule has 7 nitrogen and oxygen atoms in total. The van der Waals surface area contributed by atoms with E-state index in [1.165, 1.54) is 12.8 Å². The molecule has 0 saturated heterocycles. The number of amides is 2. The summed E-state index contributed by atoms with van der Waals surface area (Å²) in [6, 6.07) is 5.64. The monoisotopic (exact) mass is 409 g/mol. The number of aromatic nitrogens is 3. The molecule has 160 valence electrons. The zero-order valence-electron chi connectivity index (χ0n) is 17.9. The SMILES string of the molecule is CC(C)CCC(=O)N1CCc2c(c(C(=O)NCc3ccccn3)nn2CC2CC2)C1. The second-order valence-corrected chi connectivity index (χ2v) is 8.90. The number of pyridine rings is 1. The first-order valence-electron chi connectivity index (χ1n) is 11.1. The van der Waals surface area contributed by atoms with Crippen LogP contribution in [0.4, 0.5) is 0 Å². The van der Waals surface area contributed by atoms with Crippen LogP contribution in [-0.2, 0) is 30.8 Å². The molecule has 0 spiro atoms. The van der Waals surface area contributed by atoms with Crippen LogP contribution in [0.5, 0.6) is 0 Å². The number of fused-ring (bicyclic) bond motifs is 1. The number of rotatable bonds is 8. The van der Waals surface area contributed by atoms with Crippen LogP contribution in [0, 0.1) is 11.8 Å². The summed E-state index contributed by atoms with van der Waals surface area (Å²) in [5, 5.41) is 7.65. The van der Waals surface area contributed by atoms with Gasteiger partial charge in [0.1, 0.15) is 0 Å². The van der Waals surface area contributed by atoms with Crippen molar-refractivity contribution in [3.8, 4) is 0 Å². The molecule has 1 saturated carbocycles. The maximum absolute atomic E-state index is 13.0. The predicted molar refractivity (Wildman–Crippen MR) is 114 cm³/mol. The molecule has 0 atom stereocenters. The molecule has 0 bridgehead atoms. The molecule has 1 aliphatic carbocycles. The fraction of sp³-hybridized carbons (Fsp3) is 0.565. The average molecular weight is 410 g/mol. The van der Waals surface area contributed by atoms with E-state index >= 15 is 0 Å². The molecule has 3 heterocycles. The normalized spacial score (nSPS) is 15.9. The molecular formula is C23H31N5O2. The maximum Gasteiger partial charge on any atom is 0.272 e. The summed E-state index contributed by atoms with van der Waals surface area (Å²) in [6.07, 6.45) is 6.39. The third-order valence-corrected chi connectivity index (χ3v) is 5.92. The third kappa shape index (κ3) is 4.89. The Labute approximate surface area is 177 Å². The lowest BCUT2D eigenvalue weighted by atomic mass is 10.0. The summed E-state index contributed by atoms with van der Waals surface area (Å²) in [6.45, 7) is 6.68. The molecule has 1 fully saturated rings. The van der Waals surface area contributed by atoms with Gasteiger partial charge >= 0.3 is 0 Å². The van der Waals surface area contributed by atoms with Crippen LogP contribution in [0.15, 0.2) is 24.4 Å². The van der Waals surface area contributed by atoms with Gasteiger partial charge in [-0.3, -0.25) is 19.3 Å². The van der Waals surface area contributed by atoms with Crippen molar-refractivity contribution in [1.29, 1.82) is 0 Å². The van der Waals surface area contributed by atoms with Gasteiger partial charge in [-0.05, 0) is 43.2 Å². The zero-order valence-corrected chi connectivity index (χ0v) is 17.9. The van der Waals surface area contributed by atoms with Gasteiger partial charge < -0.3 is 10.2 Å². The molecule has 0 radical (unpaired) electrons. The van der Waals surface area contributed by atoms with Crippen molar-refractivity contribution < 1.29 is 9.59 Å². The lowest BCUT2D eigenvalue weighted by molar-refractivity contribution is -0.132. The second-order valence-electron chi connectivity index (χ2n) is 8.90. The van der Waals surface area contributed by atoms with Crippen molar-refractivity contribution in [1.82, 2.24) is 25.0 Å². The molecule has 1 aliphatic heterocycles. The molecule has 2 amide bonds. The number of nitrogens with one attached hydrogen (secondary N) is 1. The van der Waals surface area contributed by atoms with Crippen molar-refractivity contribution in [2.75, 3.05) is 6.54 Å². The van der Waals surface area contributed by atoms with Gasteiger partial charge in [0.2, 0.25) is 5.91 Å². The quantitative estimate of drug-likeness (QED) is 0.727. The molecule has 4 rings (SSSR count). The minimum absolute atomic E-state index is 0.170. The lowest BCUT2D eigenvalue weighted by Crippen LogP contribution is -2.37. The van der Waals surface area contributed by atoms with E-state index in [1.807, 2.05) is 27.8 Å². The smallest absolute Gasteiger partial charge is 0.272 e. The molecular weight excluding hydrogens is 378 g/mol. The number of hydrogen-bond acceptors (Lipinski definition) is 4. The molecule has 2 aromatic heterocycles. The Morgan fingerprint density at radius 2 is 2.10 bits per heavy atom. The first kappa shape index (κ1) is 20.6. The molecule has 2 aliphatic rings. The largest absolute Gasteiger partial charge is 0.345 e. The fourth-order valence-electron chi connectivity index (χ4n) is 3.91. The lowest BCUT2D eigenvalue weighted by Gasteiger charge is -2.28. The highest BCUT2D eigenvalue weighted by Gasteiger charge is 2.32. The van der Waals surface area contributed by atoms with Gasteiger partial charge in [0.05, 0.1) is 12.2 Å². The van der Waals surface area contributed by atoms with E-state index in [2.05, 4.69) is 24.1 Å². The van der Waals surface area contributed by atoms with E-state index < -0.39 is 0 Å². The van der Waals surface area contributed by atoms with E-state index in [9.17, 15) is 9.59 Å². The standard InChI is InChI=1S/C23H31N5O2/c1-16(2)6-9-21(29)27-12-10-20-19(15-27)22(26-28(20)14-17-7-8-17)23(30)25-13-18-5-3-4-11-24-18/h3-5,11,16-17H,6-10,12-15H2,1-2H3,(H,25,30). The van der Waals surface area contributed by atoms with Gasteiger partial charge in [-0.2, -0.15) is 5.10 Å². The molecule has 0 aromatic carbocycles. The topological polar surface area (TPSA) is 80.1 Å². The predicted octanol–water partition coefficient (Wildman–Crippen LogP) is 2.94. The van der Waals surface area contributed by atoms with E-state index in [1.54, 1.807) is 6.20 Å². The molecule has 0 unspecified atom stereocenters. The molecule has 2 aromatic rings. The van der Waals surface area contributed by atoms with E-state index in [4.69, 9.17) is 5.10 Å².